The van der Waals surface area contributed by atoms with Gasteiger partial charge < -0.3 is 5.32 Å². The second-order valence-corrected chi connectivity index (χ2v) is 8.45. The molecule has 0 bridgehead atoms. The molecule has 0 atom stereocenters. The number of carbonyl (C=O) groups excluding carboxylic acids is 1. The lowest BCUT2D eigenvalue weighted by molar-refractivity contribution is 0.0976. The van der Waals surface area contributed by atoms with Crippen molar-refractivity contribution in [2.24, 2.45) is 4.99 Å². The van der Waals surface area contributed by atoms with Crippen LogP contribution >= 0.6 is 11.8 Å². The average Bonchev–Trinajstić information content (AvgIpc) is 3.07. The minimum atomic E-state index is -0.179. The van der Waals surface area contributed by atoms with Crippen LogP contribution in [-0.4, -0.2) is 34.4 Å². The van der Waals surface area contributed by atoms with E-state index in [9.17, 15) is 4.79 Å². The number of amides is 1. The van der Waals surface area contributed by atoms with E-state index in [0.29, 0.717) is 18.1 Å². The highest BCUT2D eigenvalue weighted by Crippen LogP contribution is 2.19. The molecule has 2 aromatic carbocycles. The van der Waals surface area contributed by atoms with Crippen LogP contribution in [0.5, 0.6) is 0 Å². The molecule has 0 saturated carbocycles. The number of hydrogen-bond donors (Lipinski definition) is 2. The normalized spacial score (nSPS) is 11.5. The molecule has 1 aromatic heterocycles. The third-order valence-corrected chi connectivity index (χ3v) is 6.14. The van der Waals surface area contributed by atoms with Crippen LogP contribution in [0.2, 0.25) is 0 Å². The fourth-order valence-corrected chi connectivity index (χ4v) is 4.09. The van der Waals surface area contributed by atoms with Gasteiger partial charge in [-0.1, -0.05) is 24.3 Å². The first-order valence-electron chi connectivity index (χ1n) is 10.8. The van der Waals surface area contributed by atoms with Crippen molar-refractivity contribution in [3.05, 3.63) is 76.6 Å². The van der Waals surface area contributed by atoms with Crippen LogP contribution in [-0.2, 0) is 13.0 Å². The highest BCUT2D eigenvalue weighted by Gasteiger charge is 2.13. The number of nitrogens with zero attached hydrogens (tertiary/aromatic N) is 3. The van der Waals surface area contributed by atoms with Crippen LogP contribution in [0.15, 0.2) is 58.4 Å². The van der Waals surface area contributed by atoms with Gasteiger partial charge in [0, 0.05) is 34.9 Å². The van der Waals surface area contributed by atoms with Crippen LogP contribution in [0, 0.1) is 20.8 Å². The van der Waals surface area contributed by atoms with E-state index < -0.39 is 0 Å². The smallest absolute Gasteiger partial charge is 0.258 e. The molecule has 6 nitrogen and oxygen atoms in total. The van der Waals surface area contributed by atoms with Crippen molar-refractivity contribution in [2.75, 3.05) is 18.1 Å². The molecule has 0 saturated heterocycles. The Morgan fingerprint density at radius 1 is 1.12 bits per heavy atom. The molecule has 0 aliphatic carbocycles. The molecule has 1 amide bonds. The van der Waals surface area contributed by atoms with Crippen LogP contribution in [0.4, 0.5) is 5.69 Å². The second kappa shape index (κ2) is 11.0. The van der Waals surface area contributed by atoms with Gasteiger partial charge in [0.25, 0.3) is 5.91 Å². The summed E-state index contributed by atoms with van der Waals surface area (Å²) in [6, 6.07) is 15.6. The Kier molecular flexibility index (Phi) is 8.11. The van der Waals surface area contributed by atoms with E-state index >= 15 is 0 Å². The first-order valence-corrected chi connectivity index (χ1v) is 12.0. The Morgan fingerprint density at radius 2 is 1.91 bits per heavy atom. The fourth-order valence-electron chi connectivity index (χ4n) is 3.63. The molecular formula is C25H31N5OS. The van der Waals surface area contributed by atoms with E-state index in [-0.39, 0.29) is 5.91 Å². The van der Waals surface area contributed by atoms with E-state index in [1.165, 1.54) is 11.3 Å². The monoisotopic (exact) mass is 449 g/mol. The molecule has 0 spiro atoms. The first kappa shape index (κ1) is 23.6. The van der Waals surface area contributed by atoms with E-state index in [1.807, 2.05) is 67.2 Å². The minimum absolute atomic E-state index is 0.179. The molecular weight excluding hydrogens is 418 g/mol. The third kappa shape index (κ3) is 5.79. The highest BCUT2D eigenvalue weighted by molar-refractivity contribution is 7.98. The van der Waals surface area contributed by atoms with Crippen molar-refractivity contribution in [2.45, 2.75) is 45.6 Å². The van der Waals surface area contributed by atoms with Gasteiger partial charge >= 0.3 is 0 Å². The second-order valence-electron chi connectivity index (χ2n) is 7.57. The standard InChI is InChI=1S/C25H31N5OS/c1-6-30-19(4)23(18(3)29-30)14-15-26-25(27-20-11-9-12-21(16-20)32-5)28-24(31)22-13-8-7-10-17(22)2/h7-13,16H,6,14-15H2,1-5H3,(H2,26,27,28,31). The Balaban J connectivity index is 1.81. The molecule has 7 heteroatoms. The van der Waals surface area contributed by atoms with Crippen molar-refractivity contribution in [3.8, 4) is 0 Å². The topological polar surface area (TPSA) is 71.3 Å². The molecule has 32 heavy (non-hydrogen) atoms. The molecule has 0 fully saturated rings. The summed E-state index contributed by atoms with van der Waals surface area (Å²) in [4.78, 5) is 18.8. The maximum Gasteiger partial charge on any atom is 0.258 e. The van der Waals surface area contributed by atoms with E-state index in [1.54, 1.807) is 11.8 Å². The van der Waals surface area contributed by atoms with Crippen molar-refractivity contribution in [1.29, 1.82) is 0 Å². The maximum absolute atomic E-state index is 12.9. The Bertz CT molecular complexity index is 1120. The van der Waals surface area contributed by atoms with Gasteiger partial charge in [-0.15, -0.1) is 11.8 Å². The first-order chi connectivity index (χ1) is 15.4. The molecule has 0 aliphatic heterocycles. The van der Waals surface area contributed by atoms with Gasteiger partial charge in [-0.3, -0.25) is 19.8 Å². The number of thioether (sulfide) groups is 1. The number of aliphatic imine (C=N–C) groups is 1. The lowest BCUT2D eigenvalue weighted by Crippen LogP contribution is -2.36. The third-order valence-electron chi connectivity index (χ3n) is 5.42. The highest BCUT2D eigenvalue weighted by atomic mass is 32.2. The minimum Gasteiger partial charge on any atom is -0.326 e. The molecule has 3 rings (SSSR count). The lowest BCUT2D eigenvalue weighted by Gasteiger charge is -2.13. The van der Waals surface area contributed by atoms with E-state index in [4.69, 9.17) is 4.99 Å². The molecule has 3 aromatic rings. The molecule has 0 radical (unpaired) electrons. The van der Waals surface area contributed by atoms with Crippen LogP contribution < -0.4 is 10.6 Å². The summed E-state index contributed by atoms with van der Waals surface area (Å²) in [6.07, 6.45) is 2.79. The summed E-state index contributed by atoms with van der Waals surface area (Å²) in [6.45, 7) is 9.53. The van der Waals surface area contributed by atoms with Gasteiger partial charge in [0.2, 0.25) is 5.96 Å². The Morgan fingerprint density at radius 3 is 2.59 bits per heavy atom. The largest absolute Gasteiger partial charge is 0.326 e. The molecule has 1 heterocycles. The van der Waals surface area contributed by atoms with Gasteiger partial charge in [0.05, 0.1) is 5.69 Å². The summed E-state index contributed by atoms with van der Waals surface area (Å²) >= 11 is 1.67. The van der Waals surface area contributed by atoms with Crippen LogP contribution in [0.25, 0.3) is 0 Å². The van der Waals surface area contributed by atoms with E-state index in [0.717, 1.165) is 34.8 Å². The zero-order valence-electron chi connectivity index (χ0n) is 19.4. The predicted octanol–water partition coefficient (Wildman–Crippen LogP) is 4.99. The molecule has 0 unspecified atom stereocenters. The van der Waals surface area contributed by atoms with Crippen molar-refractivity contribution < 1.29 is 4.79 Å². The van der Waals surface area contributed by atoms with E-state index in [2.05, 4.69) is 35.6 Å². The van der Waals surface area contributed by atoms with Crippen molar-refractivity contribution in [3.63, 3.8) is 0 Å². The van der Waals surface area contributed by atoms with Gasteiger partial charge in [0.1, 0.15) is 0 Å². The van der Waals surface area contributed by atoms with Crippen LogP contribution in [0.3, 0.4) is 0 Å². The molecule has 168 valence electrons. The number of carbonyl (C=O) groups is 1. The van der Waals surface area contributed by atoms with Crippen molar-refractivity contribution in [1.82, 2.24) is 15.1 Å². The van der Waals surface area contributed by atoms with Crippen LogP contribution in [0.1, 0.15) is 39.8 Å². The number of guanidine groups is 1. The summed E-state index contributed by atoms with van der Waals surface area (Å²) < 4.78 is 2.02. The summed E-state index contributed by atoms with van der Waals surface area (Å²) in [5.74, 6) is 0.260. The number of rotatable bonds is 7. The number of aryl methyl sites for hydroxylation is 3. The Hall–Kier alpha value is -3.06. The number of anilines is 1. The quantitative estimate of drug-likeness (QED) is 0.303. The number of hydrogen-bond acceptors (Lipinski definition) is 4. The predicted molar refractivity (Wildman–Crippen MR) is 134 cm³/mol. The van der Waals surface area contributed by atoms with Gasteiger partial charge in [-0.2, -0.15) is 5.10 Å². The SMILES string of the molecule is CCn1nc(C)c(CCN=C(NC(=O)c2ccccc2C)Nc2cccc(SC)c2)c1C. The lowest BCUT2D eigenvalue weighted by atomic mass is 10.1. The molecule has 2 N–H and O–H groups in total. The number of nitrogens with one attached hydrogen (secondary N) is 2. The van der Waals surface area contributed by atoms with Crippen molar-refractivity contribution >= 4 is 29.3 Å². The zero-order chi connectivity index (χ0) is 23.1. The fraction of sp³-hybridized carbons (Fsp3) is 0.320. The summed E-state index contributed by atoms with van der Waals surface area (Å²) in [7, 11) is 0. The summed E-state index contributed by atoms with van der Waals surface area (Å²) in [5, 5.41) is 10.8. The zero-order valence-corrected chi connectivity index (χ0v) is 20.2. The Labute approximate surface area is 194 Å². The average molecular weight is 450 g/mol. The number of aromatic nitrogens is 2. The number of benzene rings is 2. The maximum atomic E-state index is 12.9. The van der Waals surface area contributed by atoms with Gasteiger partial charge in [-0.05, 0) is 75.8 Å². The van der Waals surface area contributed by atoms with Gasteiger partial charge in [0.15, 0.2) is 0 Å². The van der Waals surface area contributed by atoms with Gasteiger partial charge in [-0.25, -0.2) is 0 Å². The summed E-state index contributed by atoms with van der Waals surface area (Å²) in [5.41, 5.74) is 5.86. The molecule has 0 aliphatic rings.